The first-order valence-electron chi connectivity index (χ1n) is 6.38. The van der Waals surface area contributed by atoms with Gasteiger partial charge in [0.2, 0.25) is 0 Å². The Bertz CT molecular complexity index is 733. The quantitative estimate of drug-likeness (QED) is 0.803. The highest BCUT2D eigenvalue weighted by atomic mass is 32.1. The van der Waals surface area contributed by atoms with Crippen molar-refractivity contribution in [1.29, 1.82) is 0 Å². The summed E-state index contributed by atoms with van der Waals surface area (Å²) >= 11 is 1.55. The van der Waals surface area contributed by atoms with E-state index >= 15 is 0 Å². The van der Waals surface area contributed by atoms with Crippen molar-refractivity contribution < 1.29 is 4.79 Å². The third-order valence-corrected chi connectivity index (χ3v) is 3.93. The number of nitrogens with zero attached hydrogens (tertiary/aromatic N) is 2. The third kappa shape index (κ3) is 2.28. The summed E-state index contributed by atoms with van der Waals surface area (Å²) in [5.74, 6) is -0.116. The molecule has 3 rings (SSSR count). The summed E-state index contributed by atoms with van der Waals surface area (Å²) in [4.78, 5) is 21.0. The van der Waals surface area contributed by atoms with E-state index < -0.39 is 0 Å². The molecule has 0 saturated heterocycles. The van der Waals surface area contributed by atoms with E-state index in [1.165, 1.54) is 0 Å². The SMILES string of the molecule is CCNC(=O)c1cccnc1-c1nc2ccccc2s1. The molecule has 0 aliphatic rings. The molecule has 0 atom stereocenters. The number of carbonyl (C=O) groups is 1. The van der Waals surface area contributed by atoms with Crippen LogP contribution in [0.1, 0.15) is 17.3 Å². The van der Waals surface area contributed by atoms with E-state index in [9.17, 15) is 4.79 Å². The molecule has 0 fully saturated rings. The Morgan fingerprint density at radius 2 is 2.10 bits per heavy atom. The average molecular weight is 283 g/mol. The summed E-state index contributed by atoms with van der Waals surface area (Å²) in [6.45, 7) is 2.48. The number of nitrogens with one attached hydrogen (secondary N) is 1. The van der Waals surface area contributed by atoms with E-state index in [1.807, 2.05) is 31.2 Å². The van der Waals surface area contributed by atoms with Crippen LogP contribution in [-0.4, -0.2) is 22.4 Å². The first kappa shape index (κ1) is 12.7. The number of rotatable bonds is 3. The predicted molar refractivity (Wildman–Crippen MR) is 80.9 cm³/mol. The van der Waals surface area contributed by atoms with Gasteiger partial charge in [0.1, 0.15) is 10.7 Å². The Morgan fingerprint density at radius 3 is 2.90 bits per heavy atom. The van der Waals surface area contributed by atoms with Crippen molar-refractivity contribution >= 4 is 27.5 Å². The van der Waals surface area contributed by atoms with Crippen molar-refractivity contribution in [2.24, 2.45) is 0 Å². The number of para-hydroxylation sites is 1. The molecule has 0 saturated carbocycles. The molecular weight excluding hydrogens is 270 g/mol. The number of thiazole rings is 1. The summed E-state index contributed by atoms with van der Waals surface area (Å²) in [6.07, 6.45) is 1.68. The molecule has 1 N–H and O–H groups in total. The Labute approximate surface area is 120 Å². The topological polar surface area (TPSA) is 54.9 Å². The van der Waals surface area contributed by atoms with Crippen LogP contribution in [0.5, 0.6) is 0 Å². The van der Waals surface area contributed by atoms with Crippen LogP contribution in [0.2, 0.25) is 0 Å². The number of hydrogen-bond donors (Lipinski definition) is 1. The molecule has 0 aliphatic carbocycles. The van der Waals surface area contributed by atoms with Crippen LogP contribution in [0.4, 0.5) is 0 Å². The molecule has 5 heteroatoms. The second-order valence-corrected chi connectivity index (χ2v) is 5.28. The van der Waals surface area contributed by atoms with Gasteiger partial charge in [-0.1, -0.05) is 12.1 Å². The Hall–Kier alpha value is -2.27. The average Bonchev–Trinajstić information content (AvgIpc) is 2.91. The number of amides is 1. The third-order valence-electron chi connectivity index (χ3n) is 2.89. The monoisotopic (exact) mass is 283 g/mol. The molecule has 0 unspecified atom stereocenters. The summed E-state index contributed by atoms with van der Waals surface area (Å²) < 4.78 is 1.09. The van der Waals surface area contributed by atoms with Crippen LogP contribution in [0.3, 0.4) is 0 Å². The number of hydrogen-bond acceptors (Lipinski definition) is 4. The lowest BCUT2D eigenvalue weighted by atomic mass is 10.2. The standard InChI is InChI=1S/C15H13N3OS/c1-2-16-14(19)10-6-5-9-17-13(10)15-18-11-7-3-4-8-12(11)20-15/h3-9H,2H2,1H3,(H,16,19). The number of aromatic nitrogens is 2. The fraction of sp³-hybridized carbons (Fsp3) is 0.133. The van der Waals surface area contributed by atoms with Gasteiger partial charge in [0.05, 0.1) is 15.8 Å². The predicted octanol–water partition coefficient (Wildman–Crippen LogP) is 3.11. The van der Waals surface area contributed by atoms with Gasteiger partial charge in [0, 0.05) is 12.7 Å². The first-order chi connectivity index (χ1) is 9.79. The summed E-state index contributed by atoms with van der Waals surface area (Å²) in [7, 11) is 0. The highest BCUT2D eigenvalue weighted by Crippen LogP contribution is 2.30. The minimum atomic E-state index is -0.116. The van der Waals surface area contributed by atoms with Gasteiger partial charge in [-0.05, 0) is 31.2 Å². The highest BCUT2D eigenvalue weighted by Gasteiger charge is 2.16. The van der Waals surface area contributed by atoms with E-state index in [1.54, 1.807) is 29.7 Å². The van der Waals surface area contributed by atoms with Gasteiger partial charge in [-0.3, -0.25) is 9.78 Å². The van der Waals surface area contributed by atoms with Gasteiger partial charge >= 0.3 is 0 Å². The van der Waals surface area contributed by atoms with Crippen LogP contribution in [0, 0.1) is 0 Å². The van der Waals surface area contributed by atoms with Crippen LogP contribution in [0.25, 0.3) is 20.9 Å². The molecular formula is C15H13N3OS. The molecule has 2 aromatic heterocycles. The van der Waals surface area contributed by atoms with Crippen molar-refractivity contribution in [2.45, 2.75) is 6.92 Å². The Morgan fingerprint density at radius 1 is 1.25 bits per heavy atom. The van der Waals surface area contributed by atoms with Crippen LogP contribution >= 0.6 is 11.3 Å². The van der Waals surface area contributed by atoms with Crippen molar-refractivity contribution in [3.05, 3.63) is 48.2 Å². The minimum absolute atomic E-state index is 0.116. The maximum Gasteiger partial charge on any atom is 0.253 e. The zero-order valence-corrected chi connectivity index (χ0v) is 11.8. The van der Waals surface area contributed by atoms with E-state index in [-0.39, 0.29) is 5.91 Å². The zero-order valence-electron chi connectivity index (χ0n) is 11.0. The molecule has 0 aliphatic heterocycles. The van der Waals surface area contributed by atoms with Gasteiger partial charge in [0.25, 0.3) is 5.91 Å². The largest absolute Gasteiger partial charge is 0.352 e. The maximum absolute atomic E-state index is 12.1. The number of fused-ring (bicyclic) bond motifs is 1. The molecule has 3 aromatic rings. The maximum atomic E-state index is 12.1. The molecule has 1 amide bonds. The van der Waals surface area contributed by atoms with Gasteiger partial charge in [-0.2, -0.15) is 0 Å². The molecule has 4 nitrogen and oxygen atoms in total. The smallest absolute Gasteiger partial charge is 0.253 e. The van der Waals surface area contributed by atoms with Gasteiger partial charge < -0.3 is 5.32 Å². The normalized spacial score (nSPS) is 10.7. The van der Waals surface area contributed by atoms with E-state index in [0.29, 0.717) is 17.8 Å². The second-order valence-electron chi connectivity index (χ2n) is 4.25. The Kier molecular flexibility index (Phi) is 3.43. The van der Waals surface area contributed by atoms with Crippen molar-refractivity contribution in [2.75, 3.05) is 6.54 Å². The van der Waals surface area contributed by atoms with Gasteiger partial charge in [-0.25, -0.2) is 4.98 Å². The van der Waals surface area contributed by atoms with Gasteiger partial charge in [0.15, 0.2) is 0 Å². The van der Waals surface area contributed by atoms with E-state index in [4.69, 9.17) is 0 Å². The van der Waals surface area contributed by atoms with Crippen molar-refractivity contribution in [3.63, 3.8) is 0 Å². The van der Waals surface area contributed by atoms with Crippen LogP contribution in [-0.2, 0) is 0 Å². The van der Waals surface area contributed by atoms with E-state index in [0.717, 1.165) is 15.2 Å². The number of pyridine rings is 1. The van der Waals surface area contributed by atoms with Crippen LogP contribution < -0.4 is 5.32 Å². The molecule has 1 aromatic carbocycles. The minimum Gasteiger partial charge on any atom is -0.352 e. The number of benzene rings is 1. The molecule has 0 spiro atoms. The fourth-order valence-electron chi connectivity index (χ4n) is 1.99. The second kappa shape index (κ2) is 5.38. The highest BCUT2D eigenvalue weighted by molar-refractivity contribution is 7.21. The Balaban J connectivity index is 2.11. The molecule has 2 heterocycles. The summed E-state index contributed by atoms with van der Waals surface area (Å²) in [6, 6.07) is 11.5. The molecule has 0 radical (unpaired) electrons. The number of carbonyl (C=O) groups excluding carboxylic acids is 1. The van der Waals surface area contributed by atoms with Crippen molar-refractivity contribution in [1.82, 2.24) is 15.3 Å². The fourth-order valence-corrected chi connectivity index (χ4v) is 2.96. The summed E-state index contributed by atoms with van der Waals surface area (Å²) in [5, 5.41) is 3.57. The lowest BCUT2D eigenvalue weighted by molar-refractivity contribution is 0.0956. The first-order valence-corrected chi connectivity index (χ1v) is 7.20. The lowest BCUT2D eigenvalue weighted by Crippen LogP contribution is -2.23. The molecule has 20 heavy (non-hydrogen) atoms. The van der Waals surface area contributed by atoms with Crippen LogP contribution in [0.15, 0.2) is 42.6 Å². The molecule has 0 bridgehead atoms. The van der Waals surface area contributed by atoms with E-state index in [2.05, 4.69) is 15.3 Å². The lowest BCUT2D eigenvalue weighted by Gasteiger charge is -2.05. The summed E-state index contributed by atoms with van der Waals surface area (Å²) in [5.41, 5.74) is 2.13. The zero-order chi connectivity index (χ0) is 13.9. The van der Waals surface area contributed by atoms with Crippen molar-refractivity contribution in [3.8, 4) is 10.7 Å². The van der Waals surface area contributed by atoms with Gasteiger partial charge in [-0.15, -0.1) is 11.3 Å². The molecule has 100 valence electrons.